The summed E-state index contributed by atoms with van der Waals surface area (Å²) >= 11 is 1.82. The minimum absolute atomic E-state index is 0.187. The molecular formula is C12H18N4S. The van der Waals surface area contributed by atoms with Crippen molar-refractivity contribution in [3.05, 3.63) is 34.3 Å². The van der Waals surface area contributed by atoms with Crippen LogP contribution in [0.4, 0.5) is 0 Å². The Bertz CT molecular complexity index is 435. The van der Waals surface area contributed by atoms with Crippen LogP contribution in [-0.2, 0) is 19.9 Å². The molecule has 0 aliphatic rings. The van der Waals surface area contributed by atoms with Crippen molar-refractivity contribution in [1.82, 2.24) is 15.0 Å². The lowest BCUT2D eigenvalue weighted by molar-refractivity contribution is 0.575. The van der Waals surface area contributed by atoms with Crippen molar-refractivity contribution < 1.29 is 0 Å². The molecule has 5 heteroatoms. The first-order chi connectivity index (χ1) is 8.24. The number of hydrogen-bond acceptors (Lipinski definition) is 4. The van der Waals surface area contributed by atoms with Gasteiger partial charge in [-0.05, 0) is 30.7 Å². The van der Waals surface area contributed by atoms with Gasteiger partial charge in [0.1, 0.15) is 0 Å². The van der Waals surface area contributed by atoms with Crippen molar-refractivity contribution in [2.24, 2.45) is 12.8 Å². The summed E-state index contributed by atoms with van der Waals surface area (Å²) in [6, 6.07) is 4.46. The molecule has 2 aromatic heterocycles. The summed E-state index contributed by atoms with van der Waals surface area (Å²) in [6.45, 7) is 0. The topological polar surface area (TPSA) is 56.7 Å². The van der Waals surface area contributed by atoms with Crippen molar-refractivity contribution in [1.29, 1.82) is 0 Å². The maximum atomic E-state index is 6.08. The zero-order chi connectivity index (χ0) is 12.1. The predicted octanol–water partition coefficient (Wildman–Crippen LogP) is 1.77. The summed E-state index contributed by atoms with van der Waals surface area (Å²) in [4.78, 5) is 1.44. The van der Waals surface area contributed by atoms with E-state index in [1.54, 1.807) is 4.68 Å². The molecule has 0 aliphatic heterocycles. The van der Waals surface area contributed by atoms with Gasteiger partial charge >= 0.3 is 0 Å². The smallest absolute Gasteiger partial charge is 0.0842 e. The maximum Gasteiger partial charge on any atom is 0.0842 e. The fourth-order valence-electron chi connectivity index (χ4n) is 1.85. The Morgan fingerprint density at radius 1 is 1.53 bits per heavy atom. The summed E-state index contributed by atoms with van der Waals surface area (Å²) in [6.07, 6.45) is 6.06. The Balaban J connectivity index is 1.69. The third-order valence-corrected chi connectivity index (χ3v) is 3.64. The van der Waals surface area contributed by atoms with Gasteiger partial charge in [-0.1, -0.05) is 11.3 Å². The molecule has 2 rings (SSSR count). The fraction of sp³-hybridized carbons (Fsp3) is 0.500. The van der Waals surface area contributed by atoms with Crippen LogP contribution < -0.4 is 5.73 Å². The lowest BCUT2D eigenvalue weighted by Gasteiger charge is -2.08. The van der Waals surface area contributed by atoms with E-state index in [0.29, 0.717) is 0 Å². The Morgan fingerprint density at radius 3 is 3.06 bits per heavy atom. The molecule has 0 spiro atoms. The highest BCUT2D eigenvalue weighted by molar-refractivity contribution is 7.09. The van der Waals surface area contributed by atoms with Gasteiger partial charge in [-0.3, -0.25) is 4.68 Å². The van der Waals surface area contributed by atoms with Crippen molar-refractivity contribution in [2.45, 2.75) is 31.7 Å². The van der Waals surface area contributed by atoms with Crippen LogP contribution in [0.15, 0.2) is 23.7 Å². The van der Waals surface area contributed by atoms with Gasteiger partial charge in [0.2, 0.25) is 0 Å². The van der Waals surface area contributed by atoms with E-state index in [4.69, 9.17) is 5.73 Å². The molecule has 1 unspecified atom stereocenters. The molecule has 0 aromatic carbocycles. The first-order valence-electron chi connectivity index (χ1n) is 5.87. The van der Waals surface area contributed by atoms with Crippen LogP contribution in [0.3, 0.4) is 0 Å². The maximum absolute atomic E-state index is 6.08. The van der Waals surface area contributed by atoms with Crippen molar-refractivity contribution >= 4 is 11.3 Å². The van der Waals surface area contributed by atoms with E-state index in [2.05, 4.69) is 27.8 Å². The Kier molecular flexibility index (Phi) is 4.28. The third kappa shape index (κ3) is 3.94. The standard InChI is InChI=1S/C12H18N4S/c1-16-9-11(14-15-16)8-10(13)4-2-5-12-6-3-7-17-12/h3,6-7,9-10H,2,4-5,8,13H2,1H3. The van der Waals surface area contributed by atoms with E-state index in [1.807, 2.05) is 24.6 Å². The average Bonchev–Trinajstić information content (AvgIpc) is 2.90. The first kappa shape index (κ1) is 12.3. The minimum Gasteiger partial charge on any atom is -0.327 e. The van der Waals surface area contributed by atoms with E-state index < -0.39 is 0 Å². The molecule has 0 bridgehead atoms. The lowest BCUT2D eigenvalue weighted by Crippen LogP contribution is -2.23. The highest BCUT2D eigenvalue weighted by atomic mass is 32.1. The monoisotopic (exact) mass is 250 g/mol. The van der Waals surface area contributed by atoms with Gasteiger partial charge in [0.15, 0.2) is 0 Å². The molecule has 2 N–H and O–H groups in total. The molecule has 17 heavy (non-hydrogen) atoms. The summed E-state index contributed by atoms with van der Waals surface area (Å²) in [7, 11) is 1.87. The van der Waals surface area contributed by atoms with Gasteiger partial charge in [-0.15, -0.1) is 16.4 Å². The number of hydrogen-bond donors (Lipinski definition) is 1. The molecule has 0 radical (unpaired) electrons. The number of nitrogens with zero attached hydrogens (tertiary/aromatic N) is 3. The highest BCUT2D eigenvalue weighted by Gasteiger charge is 2.07. The molecule has 1 atom stereocenters. The molecule has 0 aliphatic carbocycles. The van der Waals surface area contributed by atoms with Crippen LogP contribution in [0.2, 0.25) is 0 Å². The number of aryl methyl sites for hydroxylation is 2. The van der Waals surface area contributed by atoms with Gasteiger partial charge in [0, 0.05) is 30.6 Å². The molecule has 0 saturated carbocycles. The fourth-order valence-corrected chi connectivity index (χ4v) is 2.60. The van der Waals surface area contributed by atoms with E-state index in [9.17, 15) is 0 Å². The van der Waals surface area contributed by atoms with E-state index in [-0.39, 0.29) is 6.04 Å². The quantitative estimate of drug-likeness (QED) is 0.850. The SMILES string of the molecule is Cn1cc(CC(N)CCCc2cccs2)nn1. The van der Waals surface area contributed by atoms with Crippen LogP contribution in [-0.4, -0.2) is 21.0 Å². The second-order valence-electron chi connectivity index (χ2n) is 4.32. The molecule has 92 valence electrons. The van der Waals surface area contributed by atoms with Crippen LogP contribution in [0, 0.1) is 0 Å². The molecule has 0 amide bonds. The van der Waals surface area contributed by atoms with E-state index in [0.717, 1.165) is 31.4 Å². The van der Waals surface area contributed by atoms with Gasteiger partial charge in [0.05, 0.1) is 5.69 Å². The minimum atomic E-state index is 0.187. The van der Waals surface area contributed by atoms with Crippen molar-refractivity contribution in [3.8, 4) is 0 Å². The Hall–Kier alpha value is -1.20. The summed E-state index contributed by atoms with van der Waals surface area (Å²) in [5.41, 5.74) is 7.06. The average molecular weight is 250 g/mol. The number of aromatic nitrogens is 3. The van der Waals surface area contributed by atoms with Crippen LogP contribution in [0.25, 0.3) is 0 Å². The van der Waals surface area contributed by atoms with Crippen LogP contribution >= 0.6 is 11.3 Å². The zero-order valence-electron chi connectivity index (χ0n) is 10.0. The molecular weight excluding hydrogens is 232 g/mol. The molecule has 0 fully saturated rings. The van der Waals surface area contributed by atoms with Gasteiger partial charge in [-0.25, -0.2) is 0 Å². The normalized spacial score (nSPS) is 12.8. The molecule has 2 aromatic rings. The molecule has 2 heterocycles. The number of thiophene rings is 1. The Labute approximate surface area is 105 Å². The van der Waals surface area contributed by atoms with Crippen molar-refractivity contribution in [3.63, 3.8) is 0 Å². The Morgan fingerprint density at radius 2 is 2.41 bits per heavy atom. The second-order valence-corrected chi connectivity index (χ2v) is 5.35. The molecule has 4 nitrogen and oxygen atoms in total. The largest absolute Gasteiger partial charge is 0.327 e. The van der Waals surface area contributed by atoms with Crippen LogP contribution in [0.5, 0.6) is 0 Å². The van der Waals surface area contributed by atoms with Gasteiger partial charge in [-0.2, -0.15) is 0 Å². The zero-order valence-corrected chi connectivity index (χ0v) is 10.9. The lowest BCUT2D eigenvalue weighted by atomic mass is 10.1. The summed E-state index contributed by atoms with van der Waals surface area (Å²) in [5, 5.41) is 10.1. The molecule has 0 saturated heterocycles. The predicted molar refractivity (Wildman–Crippen MR) is 69.9 cm³/mol. The third-order valence-electron chi connectivity index (χ3n) is 2.70. The summed E-state index contributed by atoms with van der Waals surface area (Å²) < 4.78 is 1.72. The number of rotatable bonds is 6. The van der Waals surface area contributed by atoms with Gasteiger partial charge < -0.3 is 5.73 Å². The first-order valence-corrected chi connectivity index (χ1v) is 6.75. The van der Waals surface area contributed by atoms with E-state index in [1.165, 1.54) is 4.88 Å². The van der Waals surface area contributed by atoms with Gasteiger partial charge in [0.25, 0.3) is 0 Å². The summed E-state index contributed by atoms with van der Waals surface area (Å²) in [5.74, 6) is 0. The number of nitrogens with two attached hydrogens (primary N) is 1. The van der Waals surface area contributed by atoms with Crippen molar-refractivity contribution in [2.75, 3.05) is 0 Å². The highest BCUT2D eigenvalue weighted by Crippen LogP contribution is 2.13. The second kappa shape index (κ2) is 5.93. The van der Waals surface area contributed by atoms with E-state index >= 15 is 0 Å². The van der Waals surface area contributed by atoms with Crippen LogP contribution in [0.1, 0.15) is 23.4 Å².